The summed E-state index contributed by atoms with van der Waals surface area (Å²) in [5, 5.41) is 41.9. The number of fused-ring (bicyclic) bond motifs is 6. The monoisotopic (exact) mass is 334 g/mol. The minimum atomic E-state index is -0.193. The van der Waals surface area contributed by atoms with Gasteiger partial charge < -0.3 is 20.4 Å². The lowest BCUT2D eigenvalue weighted by Crippen LogP contribution is -2.35. The van der Waals surface area contributed by atoms with E-state index in [9.17, 15) is 20.4 Å². The first-order chi connectivity index (χ1) is 11.7. The number of hydrogen-bond donors (Lipinski definition) is 4. The van der Waals surface area contributed by atoms with Crippen LogP contribution in [0.1, 0.15) is 25.7 Å². The molecule has 24 heavy (non-hydrogen) atoms. The molecule has 6 rings (SSSR count). The van der Waals surface area contributed by atoms with Crippen LogP contribution < -0.4 is 0 Å². The van der Waals surface area contributed by atoms with Crippen LogP contribution in [0.15, 0.2) is 0 Å². The largest absolute Gasteiger partial charge is 0.396 e. The van der Waals surface area contributed by atoms with Gasteiger partial charge in [-0.2, -0.15) is 0 Å². The molecule has 0 radical (unpaired) electrons. The second-order valence-electron chi connectivity index (χ2n) is 9.93. The summed E-state index contributed by atoms with van der Waals surface area (Å²) >= 11 is 0. The van der Waals surface area contributed by atoms with Crippen LogP contribution in [0.3, 0.4) is 0 Å². The molecule has 4 nitrogen and oxygen atoms in total. The Hall–Kier alpha value is -0.160. The normalized spacial score (nSPS) is 68.5. The quantitative estimate of drug-likeness (QED) is 0.600. The Kier molecular flexibility index (Phi) is 2.97. The second-order valence-corrected chi connectivity index (χ2v) is 9.93. The zero-order valence-electron chi connectivity index (χ0n) is 14.1. The third-order valence-corrected chi connectivity index (χ3v) is 9.97. The molecule has 0 aromatic rings. The van der Waals surface area contributed by atoms with Crippen molar-refractivity contribution in [1.82, 2.24) is 0 Å². The van der Waals surface area contributed by atoms with E-state index in [1.165, 1.54) is 0 Å². The number of aliphatic hydroxyl groups excluding tert-OH is 4. The predicted octanol–water partition coefficient (Wildman–Crippen LogP) is 0.729. The zero-order chi connectivity index (χ0) is 16.3. The highest BCUT2D eigenvalue weighted by Crippen LogP contribution is 2.79. The van der Waals surface area contributed by atoms with Crippen LogP contribution in [-0.2, 0) is 0 Å². The van der Waals surface area contributed by atoms with Crippen molar-refractivity contribution in [3.8, 4) is 0 Å². The SMILES string of the molecule is OC[C@@H]1[C@@H]2[C@@H]3CC[C@H](O)[C@@H]3[C@H]3[C@H](CO)[C@@H]4[C@@H]5CC[C@H](O)[C@@H]5[C@H]1[C@@H]4[C@H]23. The summed E-state index contributed by atoms with van der Waals surface area (Å²) in [7, 11) is 0. The average Bonchev–Trinajstić information content (AvgIpc) is 3.32. The number of aliphatic hydroxyl groups is 4. The smallest absolute Gasteiger partial charge is 0.0574 e. The summed E-state index contributed by atoms with van der Waals surface area (Å²) in [5.41, 5.74) is 0. The molecule has 4 heteroatoms. The van der Waals surface area contributed by atoms with E-state index in [1.807, 2.05) is 0 Å². The van der Waals surface area contributed by atoms with Crippen molar-refractivity contribution in [2.75, 3.05) is 13.2 Å². The molecule has 0 aromatic heterocycles. The van der Waals surface area contributed by atoms with Crippen molar-refractivity contribution in [2.45, 2.75) is 37.9 Å². The van der Waals surface area contributed by atoms with Crippen molar-refractivity contribution in [3.05, 3.63) is 0 Å². The molecule has 0 heterocycles. The summed E-state index contributed by atoms with van der Waals surface area (Å²) in [6.07, 6.45) is 3.61. The van der Waals surface area contributed by atoms with E-state index in [0.717, 1.165) is 25.7 Å². The minimum absolute atomic E-state index is 0.193. The van der Waals surface area contributed by atoms with E-state index in [4.69, 9.17) is 0 Å². The molecule has 0 aliphatic heterocycles. The third kappa shape index (κ3) is 1.42. The molecule has 6 saturated carbocycles. The van der Waals surface area contributed by atoms with E-state index < -0.39 is 0 Å². The van der Waals surface area contributed by atoms with E-state index >= 15 is 0 Å². The highest BCUT2D eigenvalue weighted by molar-refractivity contribution is 5.24. The van der Waals surface area contributed by atoms with Gasteiger partial charge in [0, 0.05) is 13.2 Å². The summed E-state index contributed by atoms with van der Waals surface area (Å²) in [6, 6.07) is 0. The molecule has 0 amide bonds. The van der Waals surface area contributed by atoms with Gasteiger partial charge in [-0.05, 0) is 96.7 Å². The van der Waals surface area contributed by atoms with E-state index in [1.54, 1.807) is 0 Å². The first-order valence-electron chi connectivity index (χ1n) is 10.3. The molecule has 0 unspecified atom stereocenters. The van der Waals surface area contributed by atoms with Crippen LogP contribution >= 0.6 is 0 Å². The van der Waals surface area contributed by atoms with Crippen molar-refractivity contribution < 1.29 is 20.4 Å². The van der Waals surface area contributed by atoms with Crippen LogP contribution in [0.4, 0.5) is 0 Å². The molecule has 134 valence electrons. The summed E-state index contributed by atoms with van der Waals surface area (Å²) in [4.78, 5) is 0. The van der Waals surface area contributed by atoms with Crippen LogP contribution in [0.2, 0.25) is 0 Å². The van der Waals surface area contributed by atoms with Crippen LogP contribution in [0, 0.1) is 71.0 Å². The van der Waals surface area contributed by atoms with Gasteiger partial charge in [-0.15, -0.1) is 0 Å². The Balaban J connectivity index is 1.50. The predicted molar refractivity (Wildman–Crippen MR) is 86.5 cm³/mol. The lowest BCUT2D eigenvalue weighted by molar-refractivity contribution is 0.0234. The summed E-state index contributed by atoms with van der Waals surface area (Å²) in [5.74, 6) is 5.66. The van der Waals surface area contributed by atoms with Gasteiger partial charge in [-0.1, -0.05) is 0 Å². The van der Waals surface area contributed by atoms with E-state index in [2.05, 4.69) is 0 Å². The number of rotatable bonds is 2. The maximum Gasteiger partial charge on any atom is 0.0574 e. The van der Waals surface area contributed by atoms with Crippen molar-refractivity contribution >= 4 is 0 Å². The van der Waals surface area contributed by atoms with E-state index in [0.29, 0.717) is 71.0 Å². The fraction of sp³-hybridized carbons (Fsp3) is 1.00. The topological polar surface area (TPSA) is 80.9 Å². The summed E-state index contributed by atoms with van der Waals surface area (Å²) < 4.78 is 0. The zero-order valence-corrected chi connectivity index (χ0v) is 14.1. The lowest BCUT2D eigenvalue weighted by Gasteiger charge is -2.34. The fourth-order valence-corrected chi connectivity index (χ4v) is 10.0. The van der Waals surface area contributed by atoms with Crippen LogP contribution in [-0.4, -0.2) is 45.8 Å². The second kappa shape index (κ2) is 4.76. The fourth-order valence-electron chi connectivity index (χ4n) is 10.0. The summed E-state index contributed by atoms with van der Waals surface area (Å²) in [6.45, 7) is 0.502. The Labute approximate surface area is 143 Å². The Morgan fingerprint density at radius 2 is 0.917 bits per heavy atom. The minimum Gasteiger partial charge on any atom is -0.396 e. The van der Waals surface area contributed by atoms with Gasteiger partial charge in [0.1, 0.15) is 0 Å². The third-order valence-electron chi connectivity index (χ3n) is 9.97. The molecular formula is C20H30O4. The Bertz CT molecular complexity index is 504. The van der Waals surface area contributed by atoms with Gasteiger partial charge in [0.05, 0.1) is 12.2 Å². The van der Waals surface area contributed by atoms with Gasteiger partial charge in [-0.25, -0.2) is 0 Å². The Morgan fingerprint density at radius 3 is 1.29 bits per heavy atom. The lowest BCUT2D eigenvalue weighted by atomic mass is 9.72. The van der Waals surface area contributed by atoms with Gasteiger partial charge in [0.15, 0.2) is 0 Å². The van der Waals surface area contributed by atoms with Gasteiger partial charge in [0.25, 0.3) is 0 Å². The molecule has 0 aromatic carbocycles. The highest BCUT2D eigenvalue weighted by atomic mass is 16.3. The van der Waals surface area contributed by atoms with Crippen molar-refractivity contribution in [3.63, 3.8) is 0 Å². The molecule has 4 N–H and O–H groups in total. The molecule has 6 fully saturated rings. The Morgan fingerprint density at radius 1 is 0.500 bits per heavy atom. The first-order valence-corrected chi connectivity index (χ1v) is 10.3. The van der Waals surface area contributed by atoms with E-state index in [-0.39, 0.29) is 25.4 Å². The molecule has 0 spiro atoms. The molecule has 6 aliphatic carbocycles. The standard InChI is InChI=1S/C20H30O4/c21-5-9-13-7-1-3-11(23)15(7)17-10(6-22)14-8-2-4-12(24)16(8)18(9)20(14)19(13)17/h7-24H,1-6H2/t7-,8-,9+,10+,11-,12-,13-,14-,15+,16+,17-,18+,19+,20+/m0/s1. The van der Waals surface area contributed by atoms with Gasteiger partial charge in [0.2, 0.25) is 0 Å². The highest BCUT2D eigenvalue weighted by Gasteiger charge is 2.77. The molecular weight excluding hydrogens is 304 g/mol. The molecule has 0 saturated heterocycles. The van der Waals surface area contributed by atoms with Crippen molar-refractivity contribution in [1.29, 1.82) is 0 Å². The number of hydrogen-bond acceptors (Lipinski definition) is 4. The molecule has 6 aliphatic rings. The maximum atomic E-state index is 10.7. The average molecular weight is 334 g/mol. The van der Waals surface area contributed by atoms with Crippen LogP contribution in [0.25, 0.3) is 0 Å². The molecule has 14 atom stereocenters. The van der Waals surface area contributed by atoms with Crippen molar-refractivity contribution in [2.24, 2.45) is 71.0 Å². The van der Waals surface area contributed by atoms with Crippen LogP contribution in [0.5, 0.6) is 0 Å². The van der Waals surface area contributed by atoms with Gasteiger partial charge >= 0.3 is 0 Å². The van der Waals surface area contributed by atoms with Gasteiger partial charge in [-0.3, -0.25) is 0 Å². The molecule has 0 bridgehead atoms. The first kappa shape index (κ1) is 15.0. The maximum absolute atomic E-state index is 10.7.